The van der Waals surface area contributed by atoms with Gasteiger partial charge in [0.2, 0.25) is 0 Å². The summed E-state index contributed by atoms with van der Waals surface area (Å²) in [7, 11) is 3.16. The maximum atomic E-state index is 13.4. The van der Waals surface area contributed by atoms with E-state index >= 15 is 0 Å². The van der Waals surface area contributed by atoms with Gasteiger partial charge < -0.3 is 19.3 Å². The van der Waals surface area contributed by atoms with Gasteiger partial charge in [-0.2, -0.15) is 0 Å². The molecule has 0 unspecified atom stereocenters. The number of aryl methyl sites for hydroxylation is 1. The van der Waals surface area contributed by atoms with Crippen LogP contribution in [0.4, 0.5) is 5.82 Å². The van der Waals surface area contributed by atoms with Gasteiger partial charge in [0.1, 0.15) is 17.3 Å². The molecule has 1 saturated heterocycles. The van der Waals surface area contributed by atoms with E-state index in [0.29, 0.717) is 54.1 Å². The van der Waals surface area contributed by atoms with Gasteiger partial charge in [-0.25, -0.2) is 9.97 Å². The van der Waals surface area contributed by atoms with Crippen molar-refractivity contribution in [3.05, 3.63) is 100 Å². The van der Waals surface area contributed by atoms with E-state index in [1.165, 1.54) is 5.56 Å². The Balaban J connectivity index is 1.42. The third-order valence-corrected chi connectivity index (χ3v) is 7.23. The highest BCUT2D eigenvalue weighted by Crippen LogP contribution is 2.30. The molecule has 7 nitrogen and oxygen atoms in total. The molecule has 8 heteroatoms. The van der Waals surface area contributed by atoms with Gasteiger partial charge in [-0.3, -0.25) is 4.79 Å². The van der Waals surface area contributed by atoms with Gasteiger partial charge in [-0.1, -0.05) is 41.9 Å². The number of carbonyl (C=O) groups excluding carboxylic acids is 1. The van der Waals surface area contributed by atoms with Crippen LogP contribution in [-0.2, 0) is 6.42 Å². The van der Waals surface area contributed by atoms with E-state index in [4.69, 9.17) is 31.0 Å². The summed E-state index contributed by atoms with van der Waals surface area (Å²) in [6.07, 6.45) is 0.728. The molecule has 0 spiro atoms. The van der Waals surface area contributed by atoms with E-state index in [9.17, 15) is 4.79 Å². The number of methoxy groups -OCH3 is 2. The van der Waals surface area contributed by atoms with Gasteiger partial charge in [-0.05, 0) is 48.9 Å². The number of piperazine rings is 1. The Hall–Kier alpha value is -4.10. The molecule has 1 aromatic heterocycles. The van der Waals surface area contributed by atoms with Crippen molar-refractivity contribution in [2.45, 2.75) is 13.3 Å². The van der Waals surface area contributed by atoms with Crippen molar-refractivity contribution in [1.29, 1.82) is 0 Å². The predicted molar refractivity (Wildman–Crippen MR) is 154 cm³/mol. The molecule has 0 radical (unpaired) electrons. The first kappa shape index (κ1) is 26.5. The van der Waals surface area contributed by atoms with Crippen LogP contribution in [0.2, 0.25) is 5.02 Å². The second-order valence-electron chi connectivity index (χ2n) is 9.48. The summed E-state index contributed by atoms with van der Waals surface area (Å²) in [5.41, 5.74) is 4.70. The van der Waals surface area contributed by atoms with E-state index in [1.54, 1.807) is 32.4 Å². The molecule has 0 bridgehead atoms. The molecule has 1 amide bonds. The van der Waals surface area contributed by atoms with Crippen molar-refractivity contribution < 1.29 is 14.3 Å². The molecule has 0 N–H and O–H groups in total. The van der Waals surface area contributed by atoms with Crippen LogP contribution in [0.15, 0.2) is 72.8 Å². The van der Waals surface area contributed by atoms with Crippen molar-refractivity contribution in [2.75, 3.05) is 45.3 Å². The van der Waals surface area contributed by atoms with Crippen LogP contribution in [0.1, 0.15) is 27.2 Å². The zero-order chi connectivity index (χ0) is 27.4. The van der Waals surface area contributed by atoms with Crippen LogP contribution >= 0.6 is 11.6 Å². The average molecular weight is 543 g/mol. The lowest BCUT2D eigenvalue weighted by Gasteiger charge is -2.36. The summed E-state index contributed by atoms with van der Waals surface area (Å²) in [6, 6.07) is 23.2. The number of amides is 1. The number of aromatic nitrogens is 2. The molecule has 1 aliphatic heterocycles. The zero-order valence-electron chi connectivity index (χ0n) is 22.4. The lowest BCUT2D eigenvalue weighted by Crippen LogP contribution is -2.49. The highest BCUT2D eigenvalue weighted by molar-refractivity contribution is 6.30. The van der Waals surface area contributed by atoms with Crippen molar-refractivity contribution >= 4 is 23.3 Å². The molecule has 4 aromatic rings. The number of hydrogen-bond donors (Lipinski definition) is 0. The predicted octanol–water partition coefficient (Wildman–Crippen LogP) is 5.68. The number of benzene rings is 3. The van der Waals surface area contributed by atoms with Crippen LogP contribution in [0.25, 0.3) is 11.4 Å². The minimum Gasteiger partial charge on any atom is -0.497 e. The van der Waals surface area contributed by atoms with Crippen molar-refractivity contribution in [1.82, 2.24) is 14.9 Å². The first-order chi connectivity index (χ1) is 18.9. The smallest absolute Gasteiger partial charge is 0.254 e. The highest BCUT2D eigenvalue weighted by Gasteiger charge is 2.26. The Morgan fingerprint density at radius 2 is 1.51 bits per heavy atom. The fraction of sp³-hybridized carbons (Fsp3) is 0.258. The fourth-order valence-corrected chi connectivity index (χ4v) is 4.94. The Labute approximate surface area is 234 Å². The fourth-order valence-electron chi connectivity index (χ4n) is 4.81. The summed E-state index contributed by atoms with van der Waals surface area (Å²) in [5.74, 6) is 2.71. The second-order valence-corrected chi connectivity index (χ2v) is 9.92. The molecular weight excluding hydrogens is 512 g/mol. The van der Waals surface area contributed by atoms with E-state index in [-0.39, 0.29) is 5.91 Å². The Bertz CT molecular complexity index is 1430. The third-order valence-electron chi connectivity index (χ3n) is 6.98. The van der Waals surface area contributed by atoms with Crippen molar-refractivity contribution in [2.24, 2.45) is 0 Å². The Kier molecular flexibility index (Phi) is 7.98. The molecule has 39 heavy (non-hydrogen) atoms. The van der Waals surface area contributed by atoms with Crippen LogP contribution in [-0.4, -0.2) is 61.2 Å². The molecule has 0 saturated carbocycles. The summed E-state index contributed by atoms with van der Waals surface area (Å²) >= 11 is 6.12. The molecule has 5 rings (SSSR count). The maximum absolute atomic E-state index is 13.4. The average Bonchev–Trinajstić information content (AvgIpc) is 2.98. The van der Waals surface area contributed by atoms with Crippen LogP contribution in [0, 0.1) is 6.92 Å². The minimum absolute atomic E-state index is 0.0444. The quantitative estimate of drug-likeness (QED) is 0.299. The topological polar surface area (TPSA) is 67.8 Å². The van der Waals surface area contributed by atoms with Crippen LogP contribution in [0.5, 0.6) is 11.5 Å². The highest BCUT2D eigenvalue weighted by atomic mass is 35.5. The number of halogens is 1. The number of hydrogen-bond acceptors (Lipinski definition) is 6. The normalized spacial score (nSPS) is 13.3. The molecular formula is C31H31ClN4O3. The SMILES string of the molecule is COc1cc(OC)cc(C(=O)N2CCN(c3nc(-c4ccc(Cl)cc4)nc(C)c3Cc3ccccc3)CC2)c1. The third kappa shape index (κ3) is 5.99. The molecule has 1 fully saturated rings. The van der Waals surface area contributed by atoms with Gasteiger partial charge in [0.15, 0.2) is 5.82 Å². The Morgan fingerprint density at radius 3 is 2.13 bits per heavy atom. The van der Waals surface area contributed by atoms with Gasteiger partial charge in [0.05, 0.1) is 14.2 Å². The van der Waals surface area contributed by atoms with E-state index < -0.39 is 0 Å². The second kappa shape index (κ2) is 11.7. The van der Waals surface area contributed by atoms with Gasteiger partial charge in [0, 0.05) is 66.1 Å². The van der Waals surface area contributed by atoms with Crippen LogP contribution in [0.3, 0.4) is 0 Å². The molecule has 3 aromatic carbocycles. The zero-order valence-corrected chi connectivity index (χ0v) is 23.1. The van der Waals surface area contributed by atoms with Gasteiger partial charge >= 0.3 is 0 Å². The number of rotatable bonds is 7. The largest absolute Gasteiger partial charge is 0.497 e. The van der Waals surface area contributed by atoms with Gasteiger partial charge in [0.25, 0.3) is 5.91 Å². The number of nitrogens with zero attached hydrogens (tertiary/aromatic N) is 4. The number of carbonyl (C=O) groups is 1. The molecule has 1 aliphatic rings. The number of ether oxygens (including phenoxy) is 2. The number of anilines is 1. The molecule has 2 heterocycles. The first-order valence-electron chi connectivity index (χ1n) is 12.9. The lowest BCUT2D eigenvalue weighted by atomic mass is 10.0. The van der Waals surface area contributed by atoms with E-state index in [1.807, 2.05) is 54.3 Å². The monoisotopic (exact) mass is 542 g/mol. The summed E-state index contributed by atoms with van der Waals surface area (Å²) in [4.78, 5) is 27.4. The van der Waals surface area contributed by atoms with E-state index in [2.05, 4.69) is 17.0 Å². The van der Waals surface area contributed by atoms with Crippen LogP contribution < -0.4 is 14.4 Å². The maximum Gasteiger partial charge on any atom is 0.254 e. The molecule has 0 aliphatic carbocycles. The minimum atomic E-state index is -0.0444. The molecule has 0 atom stereocenters. The van der Waals surface area contributed by atoms with Crippen molar-refractivity contribution in [3.63, 3.8) is 0 Å². The Morgan fingerprint density at radius 1 is 0.872 bits per heavy atom. The van der Waals surface area contributed by atoms with E-state index in [0.717, 1.165) is 29.1 Å². The summed E-state index contributed by atoms with van der Waals surface area (Å²) < 4.78 is 10.7. The first-order valence-corrected chi connectivity index (χ1v) is 13.3. The lowest BCUT2D eigenvalue weighted by molar-refractivity contribution is 0.0745. The molecule has 200 valence electrons. The summed E-state index contributed by atoms with van der Waals surface area (Å²) in [6.45, 7) is 4.50. The van der Waals surface area contributed by atoms with Gasteiger partial charge in [-0.15, -0.1) is 0 Å². The van der Waals surface area contributed by atoms with Crippen molar-refractivity contribution in [3.8, 4) is 22.9 Å². The standard InChI is InChI=1S/C31H31ClN4O3/c1-21-28(17-22-7-5-4-6-8-22)30(34-29(33-21)23-9-11-25(32)12-10-23)35-13-15-36(16-14-35)31(37)24-18-26(38-2)20-27(19-24)39-3/h4-12,18-20H,13-17H2,1-3H3. The summed E-state index contributed by atoms with van der Waals surface area (Å²) in [5, 5.41) is 0.672.